The van der Waals surface area contributed by atoms with Crippen LogP contribution < -0.4 is 0 Å². The molecule has 1 aromatic heterocycles. The van der Waals surface area contributed by atoms with Crippen LogP contribution in [0.15, 0.2) is 34.9 Å². The van der Waals surface area contributed by atoms with Gasteiger partial charge in [-0.1, -0.05) is 12.1 Å². The van der Waals surface area contributed by atoms with Crippen molar-refractivity contribution in [3.05, 3.63) is 46.0 Å². The van der Waals surface area contributed by atoms with Crippen molar-refractivity contribution in [3.8, 4) is 11.3 Å². The zero-order valence-electron chi connectivity index (χ0n) is 7.42. The number of hydrogen-bond acceptors (Lipinski definition) is 2. The van der Waals surface area contributed by atoms with Gasteiger partial charge < -0.3 is 0 Å². The molecule has 0 amide bonds. The summed E-state index contributed by atoms with van der Waals surface area (Å²) in [6.45, 7) is 0. The largest absolute Gasteiger partial charge is 0.223 e. The van der Waals surface area contributed by atoms with Gasteiger partial charge >= 0.3 is 0 Å². The normalized spacial score (nSPS) is 10.3. The number of benzene rings is 1. The minimum absolute atomic E-state index is 0.128. The van der Waals surface area contributed by atoms with Crippen LogP contribution >= 0.6 is 27.5 Å². The molecule has 76 valence electrons. The van der Waals surface area contributed by atoms with Crippen molar-refractivity contribution in [2.24, 2.45) is 0 Å². The molecule has 15 heavy (non-hydrogen) atoms. The quantitative estimate of drug-likeness (QED) is 0.590. The second kappa shape index (κ2) is 4.24. The highest BCUT2D eigenvalue weighted by molar-refractivity contribution is 9.10. The summed E-state index contributed by atoms with van der Waals surface area (Å²) in [7, 11) is 0. The summed E-state index contributed by atoms with van der Waals surface area (Å²) in [6, 6.07) is 7.83. The lowest BCUT2D eigenvalue weighted by molar-refractivity contribution is 0.628. The van der Waals surface area contributed by atoms with Gasteiger partial charge in [0.2, 0.25) is 5.28 Å². The molecule has 2 rings (SSSR count). The van der Waals surface area contributed by atoms with Gasteiger partial charge in [-0.25, -0.2) is 14.4 Å². The Labute approximate surface area is 99.3 Å². The molecule has 0 saturated carbocycles. The van der Waals surface area contributed by atoms with Crippen molar-refractivity contribution in [1.82, 2.24) is 9.97 Å². The van der Waals surface area contributed by atoms with Gasteiger partial charge in [-0.05, 0) is 45.7 Å². The molecule has 0 atom stereocenters. The van der Waals surface area contributed by atoms with Gasteiger partial charge in [-0.15, -0.1) is 0 Å². The monoisotopic (exact) mass is 286 g/mol. The summed E-state index contributed by atoms with van der Waals surface area (Å²) in [6.07, 6.45) is 0. The third kappa shape index (κ3) is 2.52. The van der Waals surface area contributed by atoms with Gasteiger partial charge in [-0.2, -0.15) is 0 Å². The van der Waals surface area contributed by atoms with Crippen molar-refractivity contribution in [1.29, 1.82) is 0 Å². The van der Waals surface area contributed by atoms with Gasteiger partial charge in [0, 0.05) is 5.56 Å². The van der Waals surface area contributed by atoms with E-state index in [9.17, 15) is 4.39 Å². The molecule has 0 fully saturated rings. The summed E-state index contributed by atoms with van der Waals surface area (Å²) < 4.78 is 13.5. The van der Waals surface area contributed by atoms with Crippen LogP contribution in [0.1, 0.15) is 0 Å². The fraction of sp³-hybridized carbons (Fsp3) is 0. The first-order valence-corrected chi connectivity index (χ1v) is 5.28. The molecule has 0 saturated heterocycles. The standard InChI is InChI=1S/C10H5BrClFN2/c11-9-5-8(14-10(12)15-9)6-2-1-3-7(13)4-6/h1-5H. The average Bonchev–Trinajstić information content (AvgIpc) is 2.16. The molecule has 5 heteroatoms. The predicted molar refractivity (Wildman–Crippen MR) is 60.1 cm³/mol. The molecule has 0 unspecified atom stereocenters. The molecule has 0 aliphatic carbocycles. The Kier molecular flexibility index (Phi) is 2.98. The van der Waals surface area contributed by atoms with E-state index in [0.29, 0.717) is 15.9 Å². The number of nitrogens with zero attached hydrogens (tertiary/aromatic N) is 2. The number of aromatic nitrogens is 2. The van der Waals surface area contributed by atoms with E-state index in [-0.39, 0.29) is 11.1 Å². The van der Waals surface area contributed by atoms with Crippen molar-refractivity contribution < 1.29 is 4.39 Å². The smallest absolute Gasteiger partial charge is 0.218 e. The molecule has 2 nitrogen and oxygen atoms in total. The van der Waals surface area contributed by atoms with Crippen molar-refractivity contribution in [2.45, 2.75) is 0 Å². The molecule has 0 spiro atoms. The van der Waals surface area contributed by atoms with Crippen molar-refractivity contribution >= 4 is 27.5 Å². The minimum atomic E-state index is -0.307. The number of halogens is 3. The van der Waals surface area contributed by atoms with E-state index >= 15 is 0 Å². The molecule has 0 aliphatic rings. The Hall–Kier alpha value is -1.00. The van der Waals surface area contributed by atoms with Gasteiger partial charge in [-0.3, -0.25) is 0 Å². The van der Waals surface area contributed by atoms with E-state index in [2.05, 4.69) is 25.9 Å². The third-order valence-corrected chi connectivity index (χ3v) is 2.36. The third-order valence-electron chi connectivity index (χ3n) is 1.79. The molecule has 0 bridgehead atoms. The highest BCUT2D eigenvalue weighted by Crippen LogP contribution is 2.22. The van der Waals surface area contributed by atoms with Crippen molar-refractivity contribution in [3.63, 3.8) is 0 Å². The highest BCUT2D eigenvalue weighted by atomic mass is 79.9. The first kappa shape index (κ1) is 10.5. The summed E-state index contributed by atoms with van der Waals surface area (Å²) in [4.78, 5) is 7.86. The topological polar surface area (TPSA) is 25.8 Å². The molecular formula is C10H5BrClFN2. The highest BCUT2D eigenvalue weighted by Gasteiger charge is 2.04. The van der Waals surface area contributed by atoms with E-state index in [0.717, 1.165) is 0 Å². The van der Waals surface area contributed by atoms with Crippen LogP contribution in [0.3, 0.4) is 0 Å². The van der Waals surface area contributed by atoms with E-state index in [1.807, 2.05) is 0 Å². The van der Waals surface area contributed by atoms with Gasteiger partial charge in [0.25, 0.3) is 0 Å². The van der Waals surface area contributed by atoms with E-state index in [1.165, 1.54) is 12.1 Å². The van der Waals surface area contributed by atoms with Crippen LogP contribution in [0.2, 0.25) is 5.28 Å². The summed E-state index contributed by atoms with van der Waals surface area (Å²) in [5, 5.41) is 0.128. The zero-order valence-corrected chi connectivity index (χ0v) is 9.76. The first-order valence-electron chi connectivity index (χ1n) is 4.11. The molecule has 1 heterocycles. The van der Waals surface area contributed by atoms with E-state index in [1.54, 1.807) is 18.2 Å². The van der Waals surface area contributed by atoms with E-state index in [4.69, 9.17) is 11.6 Å². The SMILES string of the molecule is Fc1cccc(-c2cc(Br)nc(Cl)n2)c1. The van der Waals surface area contributed by atoms with Crippen LogP contribution in [0.4, 0.5) is 4.39 Å². The van der Waals surface area contributed by atoms with Gasteiger partial charge in [0.1, 0.15) is 10.4 Å². The van der Waals surface area contributed by atoms with Crippen LogP contribution in [0, 0.1) is 5.82 Å². The molecule has 1 aromatic carbocycles. The van der Waals surface area contributed by atoms with E-state index < -0.39 is 0 Å². The lowest BCUT2D eigenvalue weighted by Crippen LogP contribution is -1.88. The maximum atomic E-state index is 13.0. The van der Waals surface area contributed by atoms with Crippen LogP contribution in [0.25, 0.3) is 11.3 Å². The molecule has 0 radical (unpaired) electrons. The summed E-state index contributed by atoms with van der Waals surface area (Å²) in [5.41, 5.74) is 1.25. The molecule has 0 N–H and O–H groups in total. The predicted octanol–water partition coefficient (Wildman–Crippen LogP) is 3.70. The molecule has 0 aliphatic heterocycles. The summed E-state index contributed by atoms with van der Waals surface area (Å²) >= 11 is 8.89. The first-order chi connectivity index (χ1) is 7.15. The summed E-state index contributed by atoms with van der Waals surface area (Å²) in [5.74, 6) is -0.307. The Bertz CT molecular complexity index is 484. The Morgan fingerprint density at radius 1 is 1.20 bits per heavy atom. The molecular weight excluding hydrogens is 282 g/mol. The maximum absolute atomic E-state index is 13.0. The fourth-order valence-electron chi connectivity index (χ4n) is 1.19. The number of rotatable bonds is 1. The number of hydrogen-bond donors (Lipinski definition) is 0. The fourth-order valence-corrected chi connectivity index (χ4v) is 1.85. The lowest BCUT2D eigenvalue weighted by Gasteiger charge is -2.01. The van der Waals surface area contributed by atoms with Crippen LogP contribution in [-0.4, -0.2) is 9.97 Å². The minimum Gasteiger partial charge on any atom is -0.218 e. The Morgan fingerprint density at radius 3 is 2.67 bits per heavy atom. The van der Waals surface area contributed by atoms with Crippen molar-refractivity contribution in [2.75, 3.05) is 0 Å². The van der Waals surface area contributed by atoms with Crippen LogP contribution in [-0.2, 0) is 0 Å². The van der Waals surface area contributed by atoms with Crippen LogP contribution in [0.5, 0.6) is 0 Å². The second-order valence-electron chi connectivity index (χ2n) is 2.86. The molecule has 2 aromatic rings. The maximum Gasteiger partial charge on any atom is 0.223 e. The Morgan fingerprint density at radius 2 is 2.00 bits per heavy atom. The van der Waals surface area contributed by atoms with Gasteiger partial charge in [0.05, 0.1) is 5.69 Å². The second-order valence-corrected chi connectivity index (χ2v) is 4.01. The van der Waals surface area contributed by atoms with Gasteiger partial charge in [0.15, 0.2) is 0 Å². The Balaban J connectivity index is 2.54. The average molecular weight is 288 g/mol. The zero-order chi connectivity index (χ0) is 10.8. The lowest BCUT2D eigenvalue weighted by atomic mass is 10.1.